The van der Waals surface area contributed by atoms with Gasteiger partial charge in [0.25, 0.3) is 0 Å². The van der Waals surface area contributed by atoms with Crippen molar-refractivity contribution in [2.75, 3.05) is 11.0 Å². The van der Waals surface area contributed by atoms with E-state index in [1.54, 1.807) is 0 Å². The van der Waals surface area contributed by atoms with Crippen molar-refractivity contribution in [3.63, 3.8) is 0 Å². The fourth-order valence-electron chi connectivity index (χ4n) is 2.41. The molecule has 0 fully saturated rings. The Balaban J connectivity index is 1.84. The second kappa shape index (κ2) is 7.09. The molecule has 0 bridgehead atoms. The van der Waals surface area contributed by atoms with Crippen LogP contribution in [-0.4, -0.2) is 25.6 Å². The SMILES string of the molecule is Cc1c(OCCCI)ccnc1Cn1cnc2ccccc21. The van der Waals surface area contributed by atoms with E-state index in [1.807, 2.05) is 36.8 Å². The van der Waals surface area contributed by atoms with E-state index in [-0.39, 0.29) is 0 Å². The van der Waals surface area contributed by atoms with Crippen LogP contribution in [0.2, 0.25) is 0 Å². The molecule has 0 aliphatic heterocycles. The van der Waals surface area contributed by atoms with Gasteiger partial charge < -0.3 is 9.30 Å². The minimum Gasteiger partial charge on any atom is -0.493 e. The standard InChI is InChI=1S/C17H18IN3O/c1-13-15(19-9-7-17(13)22-10-4-8-18)11-21-12-20-14-5-2-3-6-16(14)21/h2-3,5-7,9,12H,4,8,10-11H2,1H3. The molecule has 0 radical (unpaired) electrons. The van der Waals surface area contributed by atoms with E-state index in [9.17, 15) is 0 Å². The van der Waals surface area contributed by atoms with Crippen molar-refractivity contribution in [3.05, 3.63) is 54.1 Å². The number of fused-ring (bicyclic) bond motifs is 1. The summed E-state index contributed by atoms with van der Waals surface area (Å²) in [4.78, 5) is 8.95. The number of hydrogen-bond donors (Lipinski definition) is 0. The quantitative estimate of drug-likeness (QED) is 0.353. The zero-order valence-corrected chi connectivity index (χ0v) is 14.7. The summed E-state index contributed by atoms with van der Waals surface area (Å²) in [6, 6.07) is 10.1. The van der Waals surface area contributed by atoms with E-state index in [4.69, 9.17) is 4.74 Å². The van der Waals surface area contributed by atoms with Gasteiger partial charge in [0.1, 0.15) is 5.75 Å². The second-order valence-corrected chi connectivity index (χ2v) is 6.21. The average Bonchev–Trinajstić information content (AvgIpc) is 2.94. The summed E-state index contributed by atoms with van der Waals surface area (Å²) in [5.41, 5.74) is 4.26. The first kappa shape index (κ1) is 15.3. The van der Waals surface area contributed by atoms with Crippen LogP contribution in [0.25, 0.3) is 11.0 Å². The highest BCUT2D eigenvalue weighted by atomic mass is 127. The zero-order valence-electron chi connectivity index (χ0n) is 12.5. The predicted molar refractivity (Wildman–Crippen MR) is 96.8 cm³/mol. The first-order valence-electron chi connectivity index (χ1n) is 7.32. The number of alkyl halides is 1. The molecule has 0 amide bonds. The minimum absolute atomic E-state index is 0.704. The van der Waals surface area contributed by atoms with Gasteiger partial charge in [0.2, 0.25) is 0 Å². The Morgan fingerprint density at radius 3 is 2.91 bits per heavy atom. The van der Waals surface area contributed by atoms with Crippen molar-refractivity contribution in [2.45, 2.75) is 19.9 Å². The number of para-hydroxylation sites is 2. The highest BCUT2D eigenvalue weighted by molar-refractivity contribution is 14.1. The van der Waals surface area contributed by atoms with Crippen molar-refractivity contribution in [1.82, 2.24) is 14.5 Å². The van der Waals surface area contributed by atoms with Gasteiger partial charge in [-0.05, 0) is 31.5 Å². The van der Waals surface area contributed by atoms with Crippen LogP contribution in [-0.2, 0) is 6.54 Å². The van der Waals surface area contributed by atoms with Crippen molar-refractivity contribution >= 4 is 33.6 Å². The molecular formula is C17H18IN3O. The number of halogens is 1. The minimum atomic E-state index is 0.704. The van der Waals surface area contributed by atoms with E-state index < -0.39 is 0 Å². The maximum atomic E-state index is 5.85. The summed E-state index contributed by atoms with van der Waals surface area (Å²) in [6.07, 6.45) is 4.75. The zero-order chi connectivity index (χ0) is 15.4. The van der Waals surface area contributed by atoms with Gasteiger partial charge in [-0.15, -0.1) is 0 Å². The maximum Gasteiger partial charge on any atom is 0.125 e. The molecule has 2 heterocycles. The summed E-state index contributed by atoms with van der Waals surface area (Å²) in [5.74, 6) is 0.930. The molecular weight excluding hydrogens is 389 g/mol. The van der Waals surface area contributed by atoms with Gasteiger partial charge in [-0.25, -0.2) is 4.98 Å². The number of benzene rings is 1. The summed E-state index contributed by atoms with van der Waals surface area (Å²) in [5, 5.41) is 0. The molecule has 0 spiro atoms. The van der Waals surface area contributed by atoms with Crippen LogP contribution >= 0.6 is 22.6 Å². The van der Waals surface area contributed by atoms with Gasteiger partial charge in [-0.3, -0.25) is 4.98 Å². The Morgan fingerprint density at radius 2 is 2.05 bits per heavy atom. The molecule has 0 N–H and O–H groups in total. The lowest BCUT2D eigenvalue weighted by molar-refractivity contribution is 0.316. The Morgan fingerprint density at radius 1 is 1.18 bits per heavy atom. The first-order chi connectivity index (χ1) is 10.8. The van der Waals surface area contributed by atoms with Crippen LogP contribution in [0.5, 0.6) is 5.75 Å². The average molecular weight is 407 g/mol. The molecule has 3 aromatic rings. The molecule has 2 aromatic heterocycles. The highest BCUT2D eigenvalue weighted by Gasteiger charge is 2.09. The molecule has 0 atom stereocenters. The van der Waals surface area contributed by atoms with E-state index in [0.29, 0.717) is 6.54 Å². The van der Waals surface area contributed by atoms with Crippen LogP contribution in [0.1, 0.15) is 17.7 Å². The predicted octanol–water partition coefficient (Wildman–Crippen LogP) is 3.99. The second-order valence-electron chi connectivity index (χ2n) is 5.13. The number of hydrogen-bond acceptors (Lipinski definition) is 3. The van der Waals surface area contributed by atoms with Crippen molar-refractivity contribution in [1.29, 1.82) is 0 Å². The first-order valence-corrected chi connectivity index (χ1v) is 8.85. The Bertz CT molecular complexity index is 769. The topological polar surface area (TPSA) is 39.9 Å². The van der Waals surface area contributed by atoms with Crippen LogP contribution < -0.4 is 4.74 Å². The van der Waals surface area contributed by atoms with E-state index >= 15 is 0 Å². The third-order valence-electron chi connectivity index (χ3n) is 3.64. The molecule has 114 valence electrons. The Labute approximate surface area is 143 Å². The molecule has 4 nitrogen and oxygen atoms in total. The normalized spacial score (nSPS) is 11.0. The van der Waals surface area contributed by atoms with E-state index in [2.05, 4.69) is 50.1 Å². The third kappa shape index (κ3) is 3.24. The fourth-order valence-corrected chi connectivity index (χ4v) is 2.72. The van der Waals surface area contributed by atoms with Gasteiger partial charge >= 0.3 is 0 Å². The number of aromatic nitrogens is 3. The lowest BCUT2D eigenvalue weighted by atomic mass is 10.2. The fraction of sp³-hybridized carbons (Fsp3) is 0.294. The molecule has 0 saturated heterocycles. The monoisotopic (exact) mass is 407 g/mol. The largest absolute Gasteiger partial charge is 0.493 e. The number of nitrogens with zero attached hydrogens (tertiary/aromatic N) is 3. The summed E-state index contributed by atoms with van der Waals surface area (Å²) in [7, 11) is 0. The van der Waals surface area contributed by atoms with Crippen LogP contribution in [0.4, 0.5) is 0 Å². The highest BCUT2D eigenvalue weighted by Crippen LogP contribution is 2.22. The molecule has 0 unspecified atom stereocenters. The summed E-state index contributed by atoms with van der Waals surface area (Å²) >= 11 is 2.37. The Kier molecular flexibility index (Phi) is 4.92. The molecule has 22 heavy (non-hydrogen) atoms. The van der Waals surface area contributed by atoms with Crippen molar-refractivity contribution in [3.8, 4) is 5.75 Å². The third-order valence-corrected chi connectivity index (χ3v) is 4.40. The number of pyridine rings is 1. The molecule has 3 rings (SSSR count). The van der Waals surface area contributed by atoms with Gasteiger partial charge in [0.05, 0.1) is 36.2 Å². The van der Waals surface area contributed by atoms with E-state index in [1.165, 1.54) is 0 Å². The maximum absolute atomic E-state index is 5.85. The Hall–Kier alpha value is -1.63. The summed E-state index contributed by atoms with van der Waals surface area (Å²) < 4.78 is 9.09. The van der Waals surface area contributed by atoms with Gasteiger partial charge in [-0.1, -0.05) is 34.7 Å². The molecule has 1 aromatic carbocycles. The van der Waals surface area contributed by atoms with Gasteiger partial charge in [0, 0.05) is 16.2 Å². The van der Waals surface area contributed by atoms with Crippen LogP contribution in [0.3, 0.4) is 0 Å². The number of rotatable bonds is 6. The van der Waals surface area contributed by atoms with E-state index in [0.717, 1.165) is 45.5 Å². The van der Waals surface area contributed by atoms with Crippen molar-refractivity contribution < 1.29 is 4.74 Å². The van der Waals surface area contributed by atoms with Gasteiger partial charge in [-0.2, -0.15) is 0 Å². The molecule has 0 saturated carbocycles. The van der Waals surface area contributed by atoms with Crippen molar-refractivity contribution in [2.24, 2.45) is 0 Å². The number of imidazole rings is 1. The van der Waals surface area contributed by atoms with Gasteiger partial charge in [0.15, 0.2) is 0 Å². The smallest absolute Gasteiger partial charge is 0.125 e. The molecule has 5 heteroatoms. The summed E-state index contributed by atoms with van der Waals surface area (Å²) in [6.45, 7) is 3.53. The molecule has 0 aliphatic carbocycles. The molecule has 0 aliphatic rings. The lowest BCUT2D eigenvalue weighted by Gasteiger charge is -2.12. The lowest BCUT2D eigenvalue weighted by Crippen LogP contribution is -2.06. The van der Waals surface area contributed by atoms with Crippen LogP contribution in [0.15, 0.2) is 42.9 Å². The van der Waals surface area contributed by atoms with Crippen LogP contribution in [0, 0.1) is 6.92 Å². The number of ether oxygens (including phenoxy) is 1.